The summed E-state index contributed by atoms with van der Waals surface area (Å²) in [7, 11) is 0. The molecule has 0 aromatic rings. The van der Waals surface area contributed by atoms with Gasteiger partial charge in [0.2, 0.25) is 5.91 Å². The van der Waals surface area contributed by atoms with Crippen LogP contribution >= 0.6 is 0 Å². The van der Waals surface area contributed by atoms with Crippen LogP contribution in [0.3, 0.4) is 0 Å². The van der Waals surface area contributed by atoms with Crippen molar-refractivity contribution in [2.24, 2.45) is 0 Å². The molecule has 60 heavy (non-hydrogen) atoms. The molecular weight excluding hydrogens is 814 g/mol. The molecule has 3 fully saturated rings. The molecule has 1 amide bonds. The van der Waals surface area contributed by atoms with Crippen LogP contribution in [0.25, 0.3) is 0 Å². The van der Waals surface area contributed by atoms with Crippen LogP contribution in [-0.2, 0) is 99.9 Å². The number of aliphatic hydroxyl groups excluding tert-OH is 2. The van der Waals surface area contributed by atoms with Gasteiger partial charge >= 0.3 is 41.8 Å². The highest BCUT2D eigenvalue weighted by molar-refractivity contribution is 5.73. The molecule has 15 atom stereocenters. The van der Waals surface area contributed by atoms with Gasteiger partial charge in [-0.25, -0.2) is 0 Å². The van der Waals surface area contributed by atoms with Gasteiger partial charge in [-0.2, -0.15) is 0 Å². The standard InChI is InChI=1S/C36H53NO23/c1-10-48-34-25(37-14(2)39)26(47)27(22(11-38)56-34)59-35-33(55-21(9)46)31(53-19(7)44)29(24(58-35)13-50-16(4)41)60-36-32(54-20(8)45)30(52-18(6)43)28(51-17(5)42)23(57-36)12-49-15(3)40/h22-36,38,47H,10-13H2,1-9H3,(H,37,39)/t22-,23-,24-,25-,26-,27-,28+,29+,30+,31+,32-,33-,34-,35+,36-/m1/s1. The highest BCUT2D eigenvalue weighted by Gasteiger charge is 2.59. The number of rotatable bonds is 17. The second kappa shape index (κ2) is 22.9. The fourth-order valence-electron chi connectivity index (χ4n) is 6.67. The van der Waals surface area contributed by atoms with E-state index in [-0.39, 0.29) is 6.61 Å². The van der Waals surface area contributed by atoms with Gasteiger partial charge in [0.25, 0.3) is 0 Å². The zero-order valence-electron chi connectivity index (χ0n) is 34.5. The summed E-state index contributed by atoms with van der Waals surface area (Å²) in [6, 6.07) is -1.29. The maximum absolute atomic E-state index is 12.8. The van der Waals surface area contributed by atoms with Gasteiger partial charge < -0.3 is 77.1 Å². The van der Waals surface area contributed by atoms with Crippen molar-refractivity contribution in [2.45, 2.75) is 154 Å². The van der Waals surface area contributed by atoms with Crippen LogP contribution in [-0.4, -0.2) is 176 Å². The molecular formula is C36H53NO23. The first-order valence-electron chi connectivity index (χ1n) is 18.7. The molecule has 3 aliphatic rings. The van der Waals surface area contributed by atoms with Gasteiger partial charge in [0, 0.05) is 62.0 Å². The fraction of sp³-hybridized carbons (Fsp3) is 0.778. The molecule has 0 saturated carbocycles. The largest absolute Gasteiger partial charge is 0.463 e. The molecule has 0 aromatic carbocycles. The molecule has 0 aliphatic carbocycles. The zero-order valence-corrected chi connectivity index (χ0v) is 34.5. The molecule has 3 rings (SSSR count). The van der Waals surface area contributed by atoms with Crippen molar-refractivity contribution in [3.63, 3.8) is 0 Å². The summed E-state index contributed by atoms with van der Waals surface area (Å²) >= 11 is 0. The fourth-order valence-corrected chi connectivity index (χ4v) is 6.67. The molecule has 3 N–H and O–H groups in total. The van der Waals surface area contributed by atoms with Crippen LogP contribution in [0.15, 0.2) is 0 Å². The summed E-state index contributed by atoms with van der Waals surface area (Å²) in [6.07, 6.45) is -23.4. The topological polar surface area (TPSA) is 309 Å². The molecule has 3 aliphatic heterocycles. The Labute approximate surface area is 343 Å². The van der Waals surface area contributed by atoms with Crippen molar-refractivity contribution in [3.8, 4) is 0 Å². The minimum atomic E-state index is -1.92. The van der Waals surface area contributed by atoms with E-state index in [0.717, 1.165) is 48.5 Å². The third-order valence-electron chi connectivity index (χ3n) is 8.73. The SMILES string of the molecule is CCO[C@@H]1O[C@H](CO)[C@@H](O[C@@H]2O[C@H](COC(C)=O)[C@H](O[C@H]3O[C@H](COC(C)=O)[C@H](OC(C)=O)[C@H](OC(C)=O)[C@H]3OC(C)=O)[C@H](OC(C)=O)[C@H]2OC(C)=O)[C@H](O)[C@H]1NC(C)=O. The lowest BCUT2D eigenvalue weighted by Crippen LogP contribution is -2.69. The Balaban J connectivity index is 2.20. The Morgan fingerprint density at radius 3 is 1.28 bits per heavy atom. The Hall–Kier alpha value is -4.56. The molecule has 0 unspecified atom stereocenters. The summed E-state index contributed by atoms with van der Waals surface area (Å²) in [5.41, 5.74) is 0. The smallest absolute Gasteiger partial charge is 0.303 e. The second-order valence-electron chi connectivity index (χ2n) is 13.7. The normalized spacial score (nSPS) is 33.9. The van der Waals surface area contributed by atoms with Crippen molar-refractivity contribution < 1.29 is 110 Å². The first-order valence-corrected chi connectivity index (χ1v) is 18.7. The van der Waals surface area contributed by atoms with Crippen molar-refractivity contribution in [1.29, 1.82) is 0 Å². The highest BCUT2D eigenvalue weighted by Crippen LogP contribution is 2.37. The predicted octanol–water partition coefficient (Wildman–Crippen LogP) is -2.39. The Morgan fingerprint density at radius 2 is 0.883 bits per heavy atom. The average Bonchev–Trinajstić information content (AvgIpc) is 3.12. The maximum atomic E-state index is 12.8. The Morgan fingerprint density at radius 1 is 0.500 bits per heavy atom. The maximum Gasteiger partial charge on any atom is 0.303 e. The predicted molar refractivity (Wildman–Crippen MR) is 189 cm³/mol. The van der Waals surface area contributed by atoms with Gasteiger partial charge in [-0.3, -0.25) is 38.4 Å². The average molecular weight is 868 g/mol. The minimum absolute atomic E-state index is 0.0697. The van der Waals surface area contributed by atoms with E-state index < -0.39 is 160 Å². The lowest BCUT2D eigenvalue weighted by molar-refractivity contribution is -0.375. The van der Waals surface area contributed by atoms with E-state index in [1.807, 2.05) is 0 Å². The third-order valence-corrected chi connectivity index (χ3v) is 8.73. The Bertz CT molecular complexity index is 1540. The molecule has 3 heterocycles. The van der Waals surface area contributed by atoms with Crippen molar-refractivity contribution in [3.05, 3.63) is 0 Å². The molecule has 24 heteroatoms. The van der Waals surface area contributed by atoms with Gasteiger partial charge in [-0.15, -0.1) is 0 Å². The monoisotopic (exact) mass is 867 g/mol. The third kappa shape index (κ3) is 14.0. The zero-order chi connectivity index (χ0) is 45.0. The van der Waals surface area contributed by atoms with E-state index in [9.17, 15) is 48.6 Å². The minimum Gasteiger partial charge on any atom is -0.463 e. The van der Waals surface area contributed by atoms with Crippen LogP contribution < -0.4 is 5.32 Å². The van der Waals surface area contributed by atoms with E-state index in [2.05, 4.69) is 5.32 Å². The van der Waals surface area contributed by atoms with Gasteiger partial charge in [-0.05, 0) is 6.92 Å². The van der Waals surface area contributed by atoms with Crippen LogP contribution in [0.2, 0.25) is 0 Å². The van der Waals surface area contributed by atoms with Gasteiger partial charge in [0.05, 0.1) is 6.61 Å². The van der Waals surface area contributed by atoms with Crippen molar-refractivity contribution >= 4 is 47.7 Å². The number of ether oxygens (including phenoxy) is 13. The highest BCUT2D eigenvalue weighted by atomic mass is 16.8. The number of esters is 7. The van der Waals surface area contributed by atoms with E-state index in [4.69, 9.17) is 61.6 Å². The number of nitrogens with one attached hydrogen (secondary N) is 1. The van der Waals surface area contributed by atoms with Gasteiger partial charge in [0.15, 0.2) is 49.4 Å². The summed E-state index contributed by atoms with van der Waals surface area (Å²) in [6.45, 7) is 7.79. The van der Waals surface area contributed by atoms with Crippen LogP contribution in [0.4, 0.5) is 0 Å². The number of hydrogen-bond donors (Lipinski definition) is 3. The lowest BCUT2D eigenvalue weighted by Gasteiger charge is -2.50. The number of aliphatic hydroxyl groups is 2. The molecule has 0 radical (unpaired) electrons. The second-order valence-corrected chi connectivity index (χ2v) is 13.7. The molecule has 340 valence electrons. The first-order chi connectivity index (χ1) is 28.2. The van der Waals surface area contributed by atoms with Crippen LogP contribution in [0.5, 0.6) is 0 Å². The number of carbonyl (C=O) groups excluding carboxylic acids is 8. The van der Waals surface area contributed by atoms with E-state index in [1.165, 1.54) is 6.92 Å². The van der Waals surface area contributed by atoms with Gasteiger partial charge in [0.1, 0.15) is 55.9 Å². The van der Waals surface area contributed by atoms with E-state index >= 15 is 0 Å². The van der Waals surface area contributed by atoms with Crippen LogP contribution in [0.1, 0.15) is 62.3 Å². The molecule has 0 spiro atoms. The number of amides is 1. The van der Waals surface area contributed by atoms with Crippen molar-refractivity contribution in [2.75, 3.05) is 26.4 Å². The van der Waals surface area contributed by atoms with E-state index in [0.29, 0.717) is 0 Å². The summed E-state index contributed by atoms with van der Waals surface area (Å²) in [4.78, 5) is 98.8. The Kier molecular flexibility index (Phi) is 19.0. The summed E-state index contributed by atoms with van der Waals surface area (Å²) in [5, 5.41) is 24.4. The molecule has 0 bridgehead atoms. The number of carbonyl (C=O) groups is 8. The van der Waals surface area contributed by atoms with Crippen LogP contribution in [0, 0.1) is 0 Å². The quantitative estimate of drug-likeness (QED) is 0.101. The van der Waals surface area contributed by atoms with E-state index in [1.54, 1.807) is 6.92 Å². The number of hydrogen-bond acceptors (Lipinski definition) is 23. The molecule has 3 saturated heterocycles. The van der Waals surface area contributed by atoms with Gasteiger partial charge in [-0.1, -0.05) is 0 Å². The molecule has 24 nitrogen and oxygen atoms in total. The molecule has 0 aromatic heterocycles. The summed E-state index contributed by atoms with van der Waals surface area (Å²) in [5.74, 6) is -7.08. The van der Waals surface area contributed by atoms with Crippen molar-refractivity contribution in [1.82, 2.24) is 5.32 Å². The lowest BCUT2D eigenvalue weighted by atomic mass is 9.94. The summed E-state index contributed by atoms with van der Waals surface area (Å²) < 4.78 is 74.1. The first kappa shape index (κ1) is 49.8.